The molecule has 1 fully saturated rings. The highest BCUT2D eigenvalue weighted by molar-refractivity contribution is 5.29. The molecular weight excluding hydrogens is 210 g/mol. The van der Waals surface area contributed by atoms with E-state index in [-0.39, 0.29) is 0 Å². The Balaban J connectivity index is 2.29. The molecule has 0 N–H and O–H groups in total. The van der Waals surface area contributed by atoms with Crippen molar-refractivity contribution in [3.05, 3.63) is 29.1 Å². The van der Waals surface area contributed by atoms with Crippen LogP contribution in [0.5, 0.6) is 0 Å². The van der Waals surface area contributed by atoms with Gasteiger partial charge in [0.05, 0.1) is 5.69 Å². The number of aryl methyl sites for hydroxylation is 2. The van der Waals surface area contributed by atoms with Crippen LogP contribution in [0.1, 0.15) is 42.8 Å². The van der Waals surface area contributed by atoms with Crippen molar-refractivity contribution in [3.8, 4) is 0 Å². The highest BCUT2D eigenvalue weighted by atomic mass is 15.3. The summed E-state index contributed by atoms with van der Waals surface area (Å²) in [4.78, 5) is 2.54. The number of nitrogens with zero attached hydrogens (tertiary/aromatic N) is 3. The largest absolute Gasteiger partial charge is 0.292 e. The molecule has 17 heavy (non-hydrogen) atoms. The first-order chi connectivity index (χ1) is 8.00. The van der Waals surface area contributed by atoms with Gasteiger partial charge in [-0.25, -0.2) is 0 Å². The van der Waals surface area contributed by atoms with E-state index in [9.17, 15) is 0 Å². The summed E-state index contributed by atoms with van der Waals surface area (Å²) < 4.78 is 2.00. The molecule has 1 aromatic heterocycles. The van der Waals surface area contributed by atoms with Gasteiger partial charge in [-0.1, -0.05) is 12.2 Å². The number of rotatable bonds is 3. The third-order valence-corrected chi connectivity index (χ3v) is 3.73. The summed E-state index contributed by atoms with van der Waals surface area (Å²) in [5, 5.41) is 4.54. The van der Waals surface area contributed by atoms with E-state index >= 15 is 0 Å². The molecule has 2 heterocycles. The zero-order valence-electron chi connectivity index (χ0n) is 11.5. The van der Waals surface area contributed by atoms with Crippen molar-refractivity contribution in [2.75, 3.05) is 13.1 Å². The van der Waals surface area contributed by atoms with E-state index in [2.05, 4.69) is 37.3 Å². The molecule has 1 unspecified atom stereocenters. The predicted molar refractivity (Wildman–Crippen MR) is 71.0 cm³/mol. The molecule has 2 rings (SSSR count). The van der Waals surface area contributed by atoms with E-state index in [1.54, 1.807) is 0 Å². The second-order valence-electron chi connectivity index (χ2n) is 5.29. The molecular formula is C14H23N3. The normalized spacial score (nSPS) is 21.1. The Morgan fingerprint density at radius 2 is 2.18 bits per heavy atom. The van der Waals surface area contributed by atoms with Gasteiger partial charge in [0.2, 0.25) is 0 Å². The summed E-state index contributed by atoms with van der Waals surface area (Å²) in [7, 11) is 2.03. The zero-order chi connectivity index (χ0) is 12.6. The number of likely N-dealkylation sites (tertiary alicyclic amines) is 1. The summed E-state index contributed by atoms with van der Waals surface area (Å²) in [5.41, 5.74) is 5.17. The lowest BCUT2D eigenvalue weighted by molar-refractivity contribution is 0.278. The second kappa shape index (κ2) is 4.65. The Hall–Kier alpha value is -1.09. The van der Waals surface area contributed by atoms with Crippen LogP contribution >= 0.6 is 0 Å². The van der Waals surface area contributed by atoms with Gasteiger partial charge in [0, 0.05) is 30.9 Å². The van der Waals surface area contributed by atoms with Crippen LogP contribution in [0.4, 0.5) is 0 Å². The van der Waals surface area contributed by atoms with Crippen molar-refractivity contribution in [2.45, 2.75) is 39.7 Å². The van der Waals surface area contributed by atoms with E-state index in [1.807, 2.05) is 11.7 Å². The molecule has 0 spiro atoms. The van der Waals surface area contributed by atoms with E-state index < -0.39 is 0 Å². The number of aromatic nitrogens is 2. The highest BCUT2D eigenvalue weighted by Crippen LogP contribution is 2.35. The maximum Gasteiger partial charge on any atom is 0.0644 e. The topological polar surface area (TPSA) is 21.1 Å². The molecule has 1 aliphatic heterocycles. The van der Waals surface area contributed by atoms with E-state index in [0.29, 0.717) is 6.04 Å². The molecule has 0 aromatic carbocycles. The molecule has 1 aromatic rings. The van der Waals surface area contributed by atoms with Crippen LogP contribution in [-0.2, 0) is 7.05 Å². The van der Waals surface area contributed by atoms with Crippen molar-refractivity contribution in [1.29, 1.82) is 0 Å². The van der Waals surface area contributed by atoms with Crippen LogP contribution in [0, 0.1) is 13.8 Å². The number of hydrogen-bond acceptors (Lipinski definition) is 2. The maximum absolute atomic E-state index is 4.54. The Bertz CT molecular complexity index is 431. The predicted octanol–water partition coefficient (Wildman–Crippen LogP) is 2.75. The average Bonchev–Trinajstić information content (AvgIpc) is 2.73. The first kappa shape index (κ1) is 12.4. The summed E-state index contributed by atoms with van der Waals surface area (Å²) in [6.45, 7) is 12.6. The first-order valence-corrected chi connectivity index (χ1v) is 6.39. The van der Waals surface area contributed by atoms with Crippen molar-refractivity contribution in [2.24, 2.45) is 7.05 Å². The fourth-order valence-corrected chi connectivity index (χ4v) is 2.96. The first-order valence-electron chi connectivity index (χ1n) is 6.39. The SMILES string of the molecule is C=C(C)CN1CCCC1c1c(C)nn(C)c1C. The third kappa shape index (κ3) is 2.29. The molecule has 0 saturated carbocycles. The van der Waals surface area contributed by atoms with Gasteiger partial charge in [-0.15, -0.1) is 0 Å². The van der Waals surface area contributed by atoms with Gasteiger partial charge in [-0.3, -0.25) is 9.58 Å². The van der Waals surface area contributed by atoms with Crippen molar-refractivity contribution in [3.63, 3.8) is 0 Å². The Morgan fingerprint density at radius 1 is 1.47 bits per heavy atom. The molecule has 1 saturated heterocycles. The standard InChI is InChI=1S/C14H23N3/c1-10(2)9-17-8-6-7-13(17)14-11(3)15-16(5)12(14)4/h13H,1,6-9H2,2-5H3. The zero-order valence-corrected chi connectivity index (χ0v) is 11.5. The van der Waals surface area contributed by atoms with Crippen LogP contribution in [0.2, 0.25) is 0 Å². The Morgan fingerprint density at radius 3 is 2.71 bits per heavy atom. The molecule has 0 bridgehead atoms. The Kier molecular flexibility index (Phi) is 3.38. The smallest absolute Gasteiger partial charge is 0.0644 e. The number of hydrogen-bond donors (Lipinski definition) is 0. The van der Waals surface area contributed by atoms with Crippen LogP contribution in [0.25, 0.3) is 0 Å². The van der Waals surface area contributed by atoms with Crippen LogP contribution in [0.15, 0.2) is 12.2 Å². The van der Waals surface area contributed by atoms with Crippen LogP contribution in [0.3, 0.4) is 0 Å². The van der Waals surface area contributed by atoms with Crippen LogP contribution in [-0.4, -0.2) is 27.8 Å². The average molecular weight is 233 g/mol. The van der Waals surface area contributed by atoms with E-state index in [0.717, 1.165) is 6.54 Å². The van der Waals surface area contributed by atoms with E-state index in [4.69, 9.17) is 0 Å². The summed E-state index contributed by atoms with van der Waals surface area (Å²) >= 11 is 0. The minimum Gasteiger partial charge on any atom is -0.292 e. The fourth-order valence-electron chi connectivity index (χ4n) is 2.96. The van der Waals surface area contributed by atoms with Gasteiger partial charge in [0.15, 0.2) is 0 Å². The molecule has 1 atom stereocenters. The third-order valence-electron chi connectivity index (χ3n) is 3.73. The van der Waals surface area contributed by atoms with Crippen molar-refractivity contribution in [1.82, 2.24) is 14.7 Å². The Labute approximate surface area is 104 Å². The summed E-state index contributed by atoms with van der Waals surface area (Å²) in [6.07, 6.45) is 2.53. The molecule has 1 aliphatic rings. The van der Waals surface area contributed by atoms with Gasteiger partial charge < -0.3 is 0 Å². The summed E-state index contributed by atoms with van der Waals surface area (Å²) in [5.74, 6) is 0. The summed E-state index contributed by atoms with van der Waals surface area (Å²) in [6, 6.07) is 0.542. The molecule has 3 heteroatoms. The fraction of sp³-hybridized carbons (Fsp3) is 0.643. The molecule has 3 nitrogen and oxygen atoms in total. The monoisotopic (exact) mass is 233 g/mol. The molecule has 0 radical (unpaired) electrons. The second-order valence-corrected chi connectivity index (χ2v) is 5.29. The molecule has 0 amide bonds. The quantitative estimate of drug-likeness (QED) is 0.749. The minimum absolute atomic E-state index is 0.542. The molecule has 94 valence electrons. The lowest BCUT2D eigenvalue weighted by Gasteiger charge is -2.25. The van der Waals surface area contributed by atoms with Gasteiger partial charge in [0.1, 0.15) is 0 Å². The van der Waals surface area contributed by atoms with E-state index in [1.165, 1.54) is 41.9 Å². The lowest BCUT2D eigenvalue weighted by Crippen LogP contribution is -2.25. The van der Waals surface area contributed by atoms with Crippen LogP contribution < -0.4 is 0 Å². The maximum atomic E-state index is 4.54. The van der Waals surface area contributed by atoms with Crippen molar-refractivity contribution < 1.29 is 0 Å². The minimum atomic E-state index is 0.542. The van der Waals surface area contributed by atoms with Gasteiger partial charge >= 0.3 is 0 Å². The van der Waals surface area contributed by atoms with Crippen molar-refractivity contribution >= 4 is 0 Å². The van der Waals surface area contributed by atoms with Gasteiger partial charge in [0.25, 0.3) is 0 Å². The lowest BCUT2D eigenvalue weighted by atomic mass is 10.0. The highest BCUT2D eigenvalue weighted by Gasteiger charge is 2.29. The van der Waals surface area contributed by atoms with Gasteiger partial charge in [-0.2, -0.15) is 5.10 Å². The van der Waals surface area contributed by atoms with Gasteiger partial charge in [-0.05, 0) is 40.2 Å². The molecule has 0 aliphatic carbocycles.